The zero-order chi connectivity index (χ0) is 19.8. The number of rotatable bonds is 4. The van der Waals surface area contributed by atoms with Crippen molar-refractivity contribution in [1.29, 1.82) is 0 Å². The molecule has 1 amide bonds. The summed E-state index contributed by atoms with van der Waals surface area (Å²) in [6.45, 7) is 0. The molecule has 5 rings (SSSR count). The summed E-state index contributed by atoms with van der Waals surface area (Å²) < 4.78 is 2.56. The Morgan fingerprint density at radius 1 is 1.10 bits per heavy atom. The van der Waals surface area contributed by atoms with Gasteiger partial charge in [0.1, 0.15) is 10.0 Å². The summed E-state index contributed by atoms with van der Waals surface area (Å²) in [7, 11) is 0. The van der Waals surface area contributed by atoms with Crippen LogP contribution in [0.3, 0.4) is 0 Å². The summed E-state index contributed by atoms with van der Waals surface area (Å²) in [5, 5.41) is 6.86. The van der Waals surface area contributed by atoms with Crippen LogP contribution in [0.15, 0.2) is 58.9 Å². The molecule has 2 aromatic heterocycles. The SMILES string of the molecule is O=C1/C(=C/c2cn(-c3ccccc3)nc2-c2cccs2)SC(=S)N1C1CCCC1. The minimum Gasteiger partial charge on any atom is -0.290 e. The molecule has 1 aliphatic heterocycles. The van der Waals surface area contributed by atoms with Crippen molar-refractivity contribution < 1.29 is 4.79 Å². The van der Waals surface area contributed by atoms with Gasteiger partial charge in [0.2, 0.25) is 0 Å². The third kappa shape index (κ3) is 3.58. The largest absolute Gasteiger partial charge is 0.290 e. The summed E-state index contributed by atoms with van der Waals surface area (Å²) in [5.41, 5.74) is 2.81. The second-order valence-corrected chi connectivity index (χ2v) is 9.80. The highest BCUT2D eigenvalue weighted by Gasteiger charge is 2.38. The van der Waals surface area contributed by atoms with Crippen LogP contribution in [0.2, 0.25) is 0 Å². The lowest BCUT2D eigenvalue weighted by molar-refractivity contribution is -0.123. The van der Waals surface area contributed by atoms with E-state index in [9.17, 15) is 4.79 Å². The second-order valence-electron chi connectivity index (χ2n) is 7.18. The van der Waals surface area contributed by atoms with Crippen LogP contribution in [0.5, 0.6) is 0 Å². The number of thiocarbonyl (C=S) groups is 1. The van der Waals surface area contributed by atoms with Crippen molar-refractivity contribution in [2.75, 3.05) is 0 Å². The van der Waals surface area contributed by atoms with Crippen molar-refractivity contribution in [2.45, 2.75) is 31.7 Å². The molecule has 1 saturated carbocycles. The Hall–Kier alpha value is -2.22. The van der Waals surface area contributed by atoms with E-state index in [-0.39, 0.29) is 11.9 Å². The van der Waals surface area contributed by atoms with Crippen molar-refractivity contribution in [3.63, 3.8) is 0 Å². The lowest BCUT2D eigenvalue weighted by Gasteiger charge is -2.21. The summed E-state index contributed by atoms with van der Waals surface area (Å²) in [4.78, 5) is 16.7. The molecule has 0 atom stereocenters. The second kappa shape index (κ2) is 7.89. The number of carbonyl (C=O) groups excluding carboxylic acids is 1. The number of hydrogen-bond acceptors (Lipinski definition) is 5. The number of thiophene rings is 1. The van der Waals surface area contributed by atoms with E-state index in [4.69, 9.17) is 17.3 Å². The standard InChI is InChI=1S/C22H19N3OS3/c26-21-19(29-22(27)25(21)17-9-4-5-10-17)13-15-14-24(16-7-2-1-3-8-16)23-20(15)18-11-6-12-28-18/h1-3,6-8,11-14,17H,4-5,9-10H2/b19-13-. The first-order valence-electron chi connectivity index (χ1n) is 9.67. The van der Waals surface area contributed by atoms with Gasteiger partial charge in [0.15, 0.2) is 0 Å². The van der Waals surface area contributed by atoms with E-state index in [0.717, 1.165) is 34.7 Å². The van der Waals surface area contributed by atoms with E-state index in [1.54, 1.807) is 11.3 Å². The Morgan fingerprint density at radius 3 is 2.62 bits per heavy atom. The van der Waals surface area contributed by atoms with E-state index in [1.807, 2.05) is 63.6 Å². The van der Waals surface area contributed by atoms with Gasteiger partial charge in [-0.3, -0.25) is 9.69 Å². The van der Waals surface area contributed by atoms with Crippen molar-refractivity contribution in [1.82, 2.24) is 14.7 Å². The van der Waals surface area contributed by atoms with Gasteiger partial charge in [-0.1, -0.05) is 61.1 Å². The number of hydrogen-bond donors (Lipinski definition) is 0. The first kappa shape index (κ1) is 18.8. The van der Waals surface area contributed by atoms with Crippen molar-refractivity contribution in [3.8, 4) is 16.3 Å². The Balaban J connectivity index is 1.54. The van der Waals surface area contributed by atoms with Crippen molar-refractivity contribution >= 4 is 51.6 Å². The predicted molar refractivity (Wildman–Crippen MR) is 124 cm³/mol. The summed E-state index contributed by atoms with van der Waals surface area (Å²) in [6, 6.07) is 14.4. The first-order chi connectivity index (χ1) is 14.2. The van der Waals surface area contributed by atoms with E-state index in [1.165, 1.54) is 24.6 Å². The molecule has 2 fully saturated rings. The van der Waals surface area contributed by atoms with Gasteiger partial charge in [-0.25, -0.2) is 4.68 Å². The average Bonchev–Trinajstić information content (AvgIpc) is 3.51. The number of benzene rings is 1. The zero-order valence-electron chi connectivity index (χ0n) is 15.7. The lowest BCUT2D eigenvalue weighted by Crippen LogP contribution is -2.36. The number of nitrogens with zero attached hydrogens (tertiary/aromatic N) is 3. The molecule has 0 spiro atoms. The van der Waals surface area contributed by atoms with Gasteiger partial charge in [-0.05, 0) is 42.5 Å². The van der Waals surface area contributed by atoms with E-state index in [2.05, 4.69) is 6.07 Å². The van der Waals surface area contributed by atoms with Crippen LogP contribution < -0.4 is 0 Å². The summed E-state index contributed by atoms with van der Waals surface area (Å²) >= 11 is 8.61. The number of para-hydroxylation sites is 1. The summed E-state index contributed by atoms with van der Waals surface area (Å²) in [6.07, 6.45) is 8.39. The van der Waals surface area contributed by atoms with Crippen molar-refractivity contribution in [3.05, 3.63) is 64.5 Å². The molecule has 3 heterocycles. The molecule has 1 aliphatic carbocycles. The normalized spacial score (nSPS) is 19.0. The Morgan fingerprint density at radius 2 is 1.90 bits per heavy atom. The summed E-state index contributed by atoms with van der Waals surface area (Å²) in [5.74, 6) is 0.0384. The minimum absolute atomic E-state index is 0.0384. The van der Waals surface area contributed by atoms with E-state index in [0.29, 0.717) is 9.23 Å². The van der Waals surface area contributed by atoms with Crippen LogP contribution in [-0.4, -0.2) is 30.9 Å². The highest BCUT2D eigenvalue weighted by atomic mass is 32.2. The molecule has 29 heavy (non-hydrogen) atoms. The van der Waals surface area contributed by atoms with Gasteiger partial charge >= 0.3 is 0 Å². The average molecular weight is 438 g/mol. The molecule has 2 aliphatic rings. The monoisotopic (exact) mass is 437 g/mol. The Bertz CT molecular complexity index is 1080. The van der Waals surface area contributed by atoms with Crippen molar-refractivity contribution in [2.24, 2.45) is 0 Å². The quantitative estimate of drug-likeness (QED) is 0.385. The smallest absolute Gasteiger partial charge is 0.266 e. The molecule has 7 heteroatoms. The minimum atomic E-state index is 0.0384. The number of carbonyl (C=O) groups is 1. The number of aromatic nitrogens is 2. The molecule has 0 radical (unpaired) electrons. The molecule has 3 aromatic rings. The van der Waals surface area contributed by atoms with Gasteiger partial charge in [0, 0.05) is 17.8 Å². The van der Waals surface area contributed by atoms with Gasteiger partial charge in [0.05, 0.1) is 15.5 Å². The van der Waals surface area contributed by atoms with Crippen LogP contribution in [0.4, 0.5) is 0 Å². The van der Waals surface area contributed by atoms with Crippen LogP contribution in [0, 0.1) is 0 Å². The van der Waals surface area contributed by atoms with E-state index < -0.39 is 0 Å². The lowest BCUT2D eigenvalue weighted by atomic mass is 10.2. The molecule has 0 bridgehead atoms. The van der Waals surface area contributed by atoms with Gasteiger partial charge in [-0.2, -0.15) is 5.10 Å². The molecule has 146 valence electrons. The maximum Gasteiger partial charge on any atom is 0.266 e. The molecule has 0 N–H and O–H groups in total. The van der Waals surface area contributed by atoms with Crippen LogP contribution in [-0.2, 0) is 4.79 Å². The fourth-order valence-corrected chi connectivity index (χ4v) is 6.03. The fourth-order valence-electron chi connectivity index (χ4n) is 3.91. The third-order valence-corrected chi connectivity index (χ3v) is 7.52. The highest BCUT2D eigenvalue weighted by molar-refractivity contribution is 8.26. The van der Waals surface area contributed by atoms with E-state index >= 15 is 0 Å². The van der Waals surface area contributed by atoms with Gasteiger partial charge in [-0.15, -0.1) is 11.3 Å². The molecule has 1 aromatic carbocycles. The van der Waals surface area contributed by atoms with Gasteiger partial charge < -0.3 is 0 Å². The maximum atomic E-state index is 13.1. The Kier molecular flexibility index (Phi) is 5.11. The molecule has 0 unspecified atom stereocenters. The zero-order valence-corrected chi connectivity index (χ0v) is 18.1. The third-order valence-electron chi connectivity index (χ3n) is 5.32. The number of thioether (sulfide) groups is 1. The highest BCUT2D eigenvalue weighted by Crippen LogP contribution is 2.39. The Labute approximate surface area is 183 Å². The maximum absolute atomic E-state index is 13.1. The fraction of sp³-hybridized carbons (Fsp3) is 0.227. The topological polar surface area (TPSA) is 38.1 Å². The molecular weight excluding hydrogens is 418 g/mol. The van der Waals surface area contributed by atoms with Crippen LogP contribution >= 0.6 is 35.3 Å². The molecule has 1 saturated heterocycles. The van der Waals surface area contributed by atoms with Crippen LogP contribution in [0.25, 0.3) is 22.3 Å². The first-order valence-corrected chi connectivity index (χ1v) is 11.8. The predicted octanol–water partition coefficient (Wildman–Crippen LogP) is 5.74. The molecular formula is C22H19N3OS3. The molecule has 4 nitrogen and oxygen atoms in total. The number of amides is 1. The van der Waals surface area contributed by atoms with Gasteiger partial charge in [0.25, 0.3) is 5.91 Å². The van der Waals surface area contributed by atoms with Crippen LogP contribution in [0.1, 0.15) is 31.2 Å².